The molecule has 0 saturated carbocycles. The number of ether oxygens (including phenoxy) is 3. The summed E-state index contributed by atoms with van der Waals surface area (Å²) in [4.78, 5) is 0. The maximum atomic E-state index is 6.33. The van der Waals surface area contributed by atoms with Crippen molar-refractivity contribution < 1.29 is 14.2 Å². The summed E-state index contributed by atoms with van der Waals surface area (Å²) in [6.45, 7) is 1.44. The summed E-state index contributed by atoms with van der Waals surface area (Å²) in [5.74, 6) is 2.26. The molecule has 0 saturated heterocycles. The van der Waals surface area contributed by atoms with E-state index in [2.05, 4.69) is 0 Å². The fourth-order valence-electron chi connectivity index (χ4n) is 2.62. The Morgan fingerprint density at radius 3 is 2.67 bits per heavy atom. The molecule has 0 unspecified atom stereocenters. The number of rotatable bonds is 5. The molecule has 0 radical (unpaired) electrons. The molecule has 1 aliphatic heterocycles. The highest BCUT2D eigenvalue weighted by atomic mass is 35.5. The van der Waals surface area contributed by atoms with Crippen LogP contribution in [0.5, 0.6) is 17.2 Å². The molecule has 122 valence electrons. The predicted molar refractivity (Wildman–Crippen MR) is 91.9 cm³/mol. The van der Waals surface area contributed by atoms with Gasteiger partial charge < -0.3 is 18.8 Å². The van der Waals surface area contributed by atoms with E-state index in [0.717, 1.165) is 22.6 Å². The third-order valence-corrected chi connectivity index (χ3v) is 4.22. The van der Waals surface area contributed by atoms with Gasteiger partial charge in [-0.25, -0.2) is 0 Å². The van der Waals surface area contributed by atoms with Gasteiger partial charge in [0.1, 0.15) is 12.4 Å². The average Bonchev–Trinajstić information content (AvgIpc) is 3.23. The minimum absolute atomic E-state index is 0.246. The van der Waals surface area contributed by atoms with Crippen LogP contribution in [0.15, 0.2) is 60.9 Å². The Balaban J connectivity index is 1.44. The Bertz CT molecular complexity index is 845. The van der Waals surface area contributed by atoms with Crippen LogP contribution in [0.2, 0.25) is 5.02 Å². The van der Waals surface area contributed by atoms with E-state index in [0.29, 0.717) is 23.9 Å². The van der Waals surface area contributed by atoms with E-state index in [4.69, 9.17) is 25.8 Å². The quantitative estimate of drug-likeness (QED) is 0.685. The first-order valence-electron chi connectivity index (χ1n) is 7.68. The van der Waals surface area contributed by atoms with Crippen molar-refractivity contribution in [3.05, 3.63) is 77.1 Å². The molecule has 24 heavy (non-hydrogen) atoms. The van der Waals surface area contributed by atoms with Gasteiger partial charge in [0.2, 0.25) is 6.79 Å². The van der Waals surface area contributed by atoms with Crippen molar-refractivity contribution in [1.29, 1.82) is 0 Å². The van der Waals surface area contributed by atoms with E-state index in [1.165, 1.54) is 0 Å². The second kappa shape index (κ2) is 6.49. The number of halogens is 1. The zero-order valence-electron chi connectivity index (χ0n) is 12.9. The van der Waals surface area contributed by atoms with Crippen molar-refractivity contribution in [2.75, 3.05) is 6.79 Å². The smallest absolute Gasteiger partial charge is 0.231 e. The van der Waals surface area contributed by atoms with Gasteiger partial charge >= 0.3 is 0 Å². The van der Waals surface area contributed by atoms with E-state index in [1.807, 2.05) is 59.4 Å². The minimum Gasteiger partial charge on any atom is -0.487 e. The lowest BCUT2D eigenvalue weighted by molar-refractivity contribution is 0.174. The van der Waals surface area contributed by atoms with Crippen molar-refractivity contribution in [3.8, 4) is 17.2 Å². The van der Waals surface area contributed by atoms with Crippen molar-refractivity contribution in [2.24, 2.45) is 0 Å². The van der Waals surface area contributed by atoms with E-state index in [-0.39, 0.29) is 6.79 Å². The molecule has 0 amide bonds. The predicted octanol–water partition coefficient (Wildman–Crippen LogP) is 4.50. The Morgan fingerprint density at radius 2 is 1.83 bits per heavy atom. The van der Waals surface area contributed by atoms with E-state index >= 15 is 0 Å². The van der Waals surface area contributed by atoms with E-state index in [1.54, 1.807) is 6.07 Å². The number of hydrogen-bond donors (Lipinski definition) is 0. The molecule has 0 atom stereocenters. The number of aromatic nitrogens is 1. The lowest BCUT2D eigenvalue weighted by Gasteiger charge is -2.07. The second-order valence-corrected chi connectivity index (χ2v) is 6.00. The Hall–Kier alpha value is -2.59. The molecular formula is C19H16ClNO3. The summed E-state index contributed by atoms with van der Waals surface area (Å²) < 4.78 is 18.6. The average molecular weight is 342 g/mol. The van der Waals surface area contributed by atoms with E-state index in [9.17, 15) is 0 Å². The van der Waals surface area contributed by atoms with Gasteiger partial charge in [-0.3, -0.25) is 0 Å². The molecule has 2 aromatic carbocycles. The van der Waals surface area contributed by atoms with E-state index < -0.39 is 0 Å². The van der Waals surface area contributed by atoms with Gasteiger partial charge in [0.25, 0.3) is 0 Å². The number of hydrogen-bond acceptors (Lipinski definition) is 3. The SMILES string of the molecule is Clc1cc2c(cc1Cn1ccc(OCc3ccccc3)c1)OCO2. The van der Waals surface area contributed by atoms with Gasteiger partial charge in [-0.2, -0.15) is 0 Å². The van der Waals surface area contributed by atoms with Crippen molar-refractivity contribution in [2.45, 2.75) is 13.2 Å². The molecular weight excluding hydrogens is 326 g/mol. The van der Waals surface area contributed by atoms with Crippen LogP contribution < -0.4 is 14.2 Å². The molecule has 1 aromatic heterocycles. The molecule has 3 aromatic rings. The summed E-state index contributed by atoms with van der Waals surface area (Å²) in [5, 5.41) is 0.666. The van der Waals surface area contributed by atoms with Crippen LogP contribution in [0, 0.1) is 0 Å². The molecule has 0 N–H and O–H groups in total. The summed E-state index contributed by atoms with van der Waals surface area (Å²) >= 11 is 6.33. The lowest BCUT2D eigenvalue weighted by Crippen LogP contribution is -1.98. The summed E-state index contributed by atoms with van der Waals surface area (Å²) in [7, 11) is 0. The monoisotopic (exact) mass is 341 g/mol. The zero-order chi connectivity index (χ0) is 16.4. The molecule has 0 spiro atoms. The van der Waals surface area contributed by atoms with Crippen molar-refractivity contribution >= 4 is 11.6 Å². The third kappa shape index (κ3) is 3.19. The largest absolute Gasteiger partial charge is 0.487 e. The van der Waals surface area contributed by atoms with Gasteiger partial charge in [-0.1, -0.05) is 41.9 Å². The fraction of sp³-hybridized carbons (Fsp3) is 0.158. The highest BCUT2D eigenvalue weighted by molar-refractivity contribution is 6.31. The highest BCUT2D eigenvalue weighted by Gasteiger charge is 2.16. The lowest BCUT2D eigenvalue weighted by atomic mass is 10.2. The first kappa shape index (κ1) is 15.0. The first-order valence-corrected chi connectivity index (χ1v) is 8.06. The van der Waals surface area contributed by atoms with Crippen LogP contribution in [-0.4, -0.2) is 11.4 Å². The Kier molecular flexibility index (Phi) is 4.05. The minimum atomic E-state index is 0.246. The van der Waals surface area contributed by atoms with Crippen LogP contribution in [0.1, 0.15) is 11.1 Å². The van der Waals surface area contributed by atoms with Crippen molar-refractivity contribution in [1.82, 2.24) is 4.57 Å². The first-order chi connectivity index (χ1) is 11.8. The molecule has 4 rings (SSSR count). The number of fused-ring (bicyclic) bond motifs is 1. The number of nitrogens with zero attached hydrogens (tertiary/aromatic N) is 1. The van der Waals surface area contributed by atoms with Gasteiger partial charge in [-0.15, -0.1) is 0 Å². The summed E-state index contributed by atoms with van der Waals surface area (Å²) in [6.07, 6.45) is 3.94. The van der Waals surface area contributed by atoms with Crippen LogP contribution >= 0.6 is 11.6 Å². The molecule has 1 aliphatic rings. The molecule has 5 heteroatoms. The van der Waals surface area contributed by atoms with Gasteiger partial charge in [0.15, 0.2) is 11.5 Å². The topological polar surface area (TPSA) is 32.6 Å². The third-order valence-electron chi connectivity index (χ3n) is 3.87. The van der Waals surface area contributed by atoms with Crippen LogP contribution in [0.25, 0.3) is 0 Å². The molecule has 0 fully saturated rings. The zero-order valence-corrected chi connectivity index (χ0v) is 13.7. The second-order valence-electron chi connectivity index (χ2n) is 5.59. The number of benzene rings is 2. The normalized spacial score (nSPS) is 12.4. The van der Waals surface area contributed by atoms with Gasteiger partial charge in [0.05, 0.1) is 0 Å². The molecule has 0 bridgehead atoms. The summed E-state index contributed by atoms with van der Waals surface area (Å²) in [5.41, 5.74) is 2.12. The molecule has 0 aliphatic carbocycles. The van der Waals surface area contributed by atoms with Gasteiger partial charge in [0, 0.05) is 30.0 Å². The Morgan fingerprint density at radius 1 is 1.04 bits per heavy atom. The highest BCUT2D eigenvalue weighted by Crippen LogP contribution is 2.37. The standard InChI is InChI=1S/C19H16ClNO3/c20-17-9-19-18(23-13-24-19)8-15(17)10-21-7-6-16(11-21)22-12-14-4-2-1-3-5-14/h1-9,11H,10,12-13H2. The van der Waals surface area contributed by atoms with Crippen LogP contribution in [-0.2, 0) is 13.2 Å². The maximum Gasteiger partial charge on any atom is 0.231 e. The molecule has 2 heterocycles. The van der Waals surface area contributed by atoms with Crippen LogP contribution in [0.3, 0.4) is 0 Å². The van der Waals surface area contributed by atoms with Crippen LogP contribution in [0.4, 0.5) is 0 Å². The van der Waals surface area contributed by atoms with Gasteiger partial charge in [-0.05, 0) is 23.3 Å². The fourth-order valence-corrected chi connectivity index (χ4v) is 2.83. The maximum absolute atomic E-state index is 6.33. The van der Waals surface area contributed by atoms with Crippen molar-refractivity contribution in [3.63, 3.8) is 0 Å². The Labute approximate surface area is 145 Å². The molecule has 4 nitrogen and oxygen atoms in total. The summed E-state index contributed by atoms with van der Waals surface area (Å²) in [6, 6.07) is 15.8.